The first-order valence-corrected chi connectivity index (χ1v) is 6.26. The fourth-order valence-electron chi connectivity index (χ4n) is 2.46. The summed E-state index contributed by atoms with van der Waals surface area (Å²) in [5.41, 5.74) is 0.547. The largest absolute Gasteiger partial charge is 0.341 e. The Hall–Kier alpha value is -1.42. The fourth-order valence-corrected chi connectivity index (χ4v) is 2.46. The van der Waals surface area contributed by atoms with Gasteiger partial charge in [0.25, 0.3) is 5.91 Å². The van der Waals surface area contributed by atoms with Crippen LogP contribution in [0, 0.1) is 11.7 Å². The Kier molecular flexibility index (Phi) is 3.97. The number of benzene rings is 1. The molecule has 1 aliphatic rings. The number of nitrogens with zero attached hydrogens (tertiary/aromatic N) is 2. The minimum Gasteiger partial charge on any atom is -0.341 e. The van der Waals surface area contributed by atoms with Gasteiger partial charge in [0.15, 0.2) is 0 Å². The van der Waals surface area contributed by atoms with Gasteiger partial charge in [0.1, 0.15) is 5.82 Å². The predicted molar refractivity (Wildman–Crippen MR) is 69.0 cm³/mol. The van der Waals surface area contributed by atoms with Gasteiger partial charge in [0.05, 0.1) is 0 Å². The molecule has 0 aliphatic carbocycles. The Balaban J connectivity index is 1.94. The molecule has 1 fully saturated rings. The lowest BCUT2D eigenvalue weighted by Gasteiger charge is -2.21. The van der Waals surface area contributed by atoms with Crippen LogP contribution in [0.4, 0.5) is 4.39 Å². The number of likely N-dealkylation sites (tertiary alicyclic amines) is 1. The quantitative estimate of drug-likeness (QED) is 0.817. The van der Waals surface area contributed by atoms with Crippen LogP contribution in [0.2, 0.25) is 0 Å². The first kappa shape index (κ1) is 13.0. The molecule has 0 N–H and O–H groups in total. The molecule has 1 heterocycles. The van der Waals surface area contributed by atoms with E-state index in [0.29, 0.717) is 11.5 Å². The van der Waals surface area contributed by atoms with Crippen molar-refractivity contribution < 1.29 is 9.18 Å². The van der Waals surface area contributed by atoms with E-state index in [0.717, 1.165) is 26.1 Å². The highest BCUT2D eigenvalue weighted by molar-refractivity contribution is 5.94. The van der Waals surface area contributed by atoms with Gasteiger partial charge in [0.2, 0.25) is 0 Å². The van der Waals surface area contributed by atoms with Crippen LogP contribution in [0.1, 0.15) is 16.8 Å². The van der Waals surface area contributed by atoms with Crippen molar-refractivity contribution in [3.8, 4) is 0 Å². The second-order valence-corrected chi connectivity index (χ2v) is 5.11. The van der Waals surface area contributed by atoms with Gasteiger partial charge in [-0.25, -0.2) is 4.39 Å². The maximum atomic E-state index is 12.8. The first-order chi connectivity index (χ1) is 8.56. The lowest BCUT2D eigenvalue weighted by molar-refractivity contribution is 0.0774. The maximum absolute atomic E-state index is 12.8. The van der Waals surface area contributed by atoms with E-state index in [2.05, 4.69) is 11.9 Å². The standard InChI is InChI=1S/C14H19FN2O/c1-16-8-7-11(9-16)10-17(2)14(18)12-3-5-13(15)6-4-12/h3-6,11H,7-10H2,1-2H3. The number of hydrogen-bond donors (Lipinski definition) is 0. The highest BCUT2D eigenvalue weighted by Gasteiger charge is 2.22. The Morgan fingerprint density at radius 3 is 2.67 bits per heavy atom. The Morgan fingerprint density at radius 1 is 1.44 bits per heavy atom. The molecule has 1 aromatic carbocycles. The number of carbonyl (C=O) groups is 1. The molecular formula is C14H19FN2O. The SMILES string of the molecule is CN1CCC(CN(C)C(=O)c2ccc(F)cc2)C1. The van der Waals surface area contributed by atoms with Crippen LogP contribution in [0.3, 0.4) is 0 Å². The average molecular weight is 250 g/mol. The van der Waals surface area contributed by atoms with Crippen LogP contribution < -0.4 is 0 Å². The highest BCUT2D eigenvalue weighted by atomic mass is 19.1. The zero-order valence-electron chi connectivity index (χ0n) is 10.9. The van der Waals surface area contributed by atoms with E-state index in [4.69, 9.17) is 0 Å². The van der Waals surface area contributed by atoms with Crippen molar-refractivity contribution in [2.45, 2.75) is 6.42 Å². The normalized spacial score (nSPS) is 20.1. The van der Waals surface area contributed by atoms with Gasteiger partial charge in [-0.15, -0.1) is 0 Å². The average Bonchev–Trinajstić information content (AvgIpc) is 2.75. The lowest BCUT2D eigenvalue weighted by atomic mass is 10.1. The van der Waals surface area contributed by atoms with Crippen LogP contribution in [0.25, 0.3) is 0 Å². The van der Waals surface area contributed by atoms with Gasteiger partial charge >= 0.3 is 0 Å². The predicted octanol–water partition coefficient (Wildman–Crippen LogP) is 1.85. The monoisotopic (exact) mass is 250 g/mol. The van der Waals surface area contributed by atoms with Crippen LogP contribution in [-0.2, 0) is 0 Å². The van der Waals surface area contributed by atoms with Gasteiger partial charge in [-0.2, -0.15) is 0 Å². The van der Waals surface area contributed by atoms with Crippen molar-refractivity contribution in [1.29, 1.82) is 0 Å². The second-order valence-electron chi connectivity index (χ2n) is 5.11. The molecule has 0 bridgehead atoms. The van der Waals surface area contributed by atoms with E-state index in [1.807, 2.05) is 7.05 Å². The van der Waals surface area contributed by atoms with Gasteiger partial charge < -0.3 is 9.80 Å². The highest BCUT2D eigenvalue weighted by Crippen LogP contribution is 2.16. The number of amides is 1. The van der Waals surface area contributed by atoms with E-state index in [1.165, 1.54) is 24.3 Å². The van der Waals surface area contributed by atoms with E-state index < -0.39 is 0 Å². The molecule has 4 heteroatoms. The summed E-state index contributed by atoms with van der Waals surface area (Å²) in [7, 11) is 3.91. The number of carbonyl (C=O) groups excluding carboxylic acids is 1. The number of hydrogen-bond acceptors (Lipinski definition) is 2. The van der Waals surface area contributed by atoms with Crippen LogP contribution in [0.5, 0.6) is 0 Å². The van der Waals surface area contributed by atoms with Crippen LogP contribution >= 0.6 is 0 Å². The molecule has 0 saturated carbocycles. The molecule has 1 unspecified atom stereocenters. The molecule has 0 spiro atoms. The minimum atomic E-state index is -0.313. The molecule has 0 aromatic heterocycles. The molecule has 3 nitrogen and oxygen atoms in total. The van der Waals surface area contributed by atoms with Gasteiger partial charge in [0, 0.05) is 25.7 Å². The third-order valence-electron chi connectivity index (χ3n) is 3.46. The van der Waals surface area contributed by atoms with E-state index in [9.17, 15) is 9.18 Å². The molecule has 1 aliphatic heterocycles. The summed E-state index contributed by atoms with van der Waals surface area (Å²) in [5.74, 6) is 0.195. The van der Waals surface area contributed by atoms with Crippen molar-refractivity contribution in [2.24, 2.45) is 5.92 Å². The van der Waals surface area contributed by atoms with Gasteiger partial charge in [-0.1, -0.05) is 0 Å². The van der Waals surface area contributed by atoms with Crippen molar-refractivity contribution in [2.75, 3.05) is 33.7 Å². The summed E-state index contributed by atoms with van der Waals surface area (Å²) in [6.07, 6.45) is 1.14. The Labute approximate surface area is 107 Å². The number of rotatable bonds is 3. The molecule has 2 rings (SSSR count). The smallest absolute Gasteiger partial charge is 0.253 e. The van der Waals surface area contributed by atoms with Crippen molar-refractivity contribution in [3.05, 3.63) is 35.6 Å². The minimum absolute atomic E-state index is 0.0375. The number of halogens is 1. The summed E-state index contributed by atoms with van der Waals surface area (Å²) >= 11 is 0. The molecule has 98 valence electrons. The summed E-state index contributed by atoms with van der Waals surface area (Å²) in [5, 5.41) is 0. The van der Waals surface area contributed by atoms with E-state index >= 15 is 0 Å². The third-order valence-corrected chi connectivity index (χ3v) is 3.46. The van der Waals surface area contributed by atoms with Crippen molar-refractivity contribution >= 4 is 5.91 Å². The molecule has 1 saturated heterocycles. The molecule has 18 heavy (non-hydrogen) atoms. The summed E-state index contributed by atoms with van der Waals surface area (Å²) in [6.45, 7) is 2.91. The van der Waals surface area contributed by atoms with Crippen molar-refractivity contribution in [1.82, 2.24) is 9.80 Å². The maximum Gasteiger partial charge on any atom is 0.253 e. The molecule has 1 atom stereocenters. The molecule has 0 radical (unpaired) electrons. The molecular weight excluding hydrogens is 231 g/mol. The molecule has 1 amide bonds. The lowest BCUT2D eigenvalue weighted by Crippen LogP contribution is -2.32. The zero-order valence-corrected chi connectivity index (χ0v) is 10.9. The second kappa shape index (κ2) is 5.48. The van der Waals surface area contributed by atoms with Crippen LogP contribution in [-0.4, -0.2) is 49.4 Å². The fraction of sp³-hybridized carbons (Fsp3) is 0.500. The molecule has 1 aromatic rings. The van der Waals surface area contributed by atoms with E-state index in [-0.39, 0.29) is 11.7 Å². The summed E-state index contributed by atoms with van der Waals surface area (Å²) < 4.78 is 12.8. The van der Waals surface area contributed by atoms with Gasteiger partial charge in [-0.05, 0) is 50.2 Å². The third kappa shape index (κ3) is 3.07. The van der Waals surface area contributed by atoms with Crippen molar-refractivity contribution in [3.63, 3.8) is 0 Å². The topological polar surface area (TPSA) is 23.6 Å². The van der Waals surface area contributed by atoms with E-state index in [1.54, 1.807) is 4.90 Å². The Bertz CT molecular complexity index is 418. The summed E-state index contributed by atoms with van der Waals surface area (Å²) in [6, 6.07) is 5.72. The zero-order chi connectivity index (χ0) is 13.1. The first-order valence-electron chi connectivity index (χ1n) is 6.26. The van der Waals surface area contributed by atoms with Gasteiger partial charge in [-0.3, -0.25) is 4.79 Å². The summed E-state index contributed by atoms with van der Waals surface area (Å²) in [4.78, 5) is 16.1. The Morgan fingerprint density at radius 2 is 2.11 bits per heavy atom. The van der Waals surface area contributed by atoms with Crippen LogP contribution in [0.15, 0.2) is 24.3 Å².